The second-order valence-corrected chi connectivity index (χ2v) is 8.88. The number of ether oxygens (including phenoxy) is 3. The molecule has 3 unspecified atom stereocenters. The molecule has 0 saturated carbocycles. The van der Waals surface area contributed by atoms with E-state index < -0.39 is 0 Å². The molecule has 2 fully saturated rings. The van der Waals surface area contributed by atoms with Crippen LogP contribution in [0.5, 0.6) is 5.75 Å². The number of carbonyl (C=O) groups excluding carboxylic acids is 1. The van der Waals surface area contributed by atoms with Crippen LogP contribution in [0.4, 0.5) is 5.13 Å². The molecule has 2 aromatic rings. The van der Waals surface area contributed by atoms with E-state index in [1.165, 1.54) is 11.3 Å². The van der Waals surface area contributed by atoms with Crippen LogP contribution in [0.1, 0.15) is 42.7 Å². The lowest BCUT2D eigenvalue weighted by Crippen LogP contribution is -2.44. The summed E-state index contributed by atoms with van der Waals surface area (Å²) in [6.07, 6.45) is 2.70. The van der Waals surface area contributed by atoms with Crippen LogP contribution in [-0.4, -0.2) is 60.4 Å². The lowest BCUT2D eigenvalue weighted by Gasteiger charge is -2.34. The molecule has 4 rings (SSSR count). The predicted molar refractivity (Wildman–Crippen MR) is 116 cm³/mol. The molecule has 0 spiro atoms. The average molecular weight is 432 g/mol. The Balaban J connectivity index is 1.31. The summed E-state index contributed by atoms with van der Waals surface area (Å²) < 4.78 is 17.2. The largest absolute Gasteiger partial charge is 0.491 e. The number of nitrogens with one attached hydrogen (secondary N) is 1. The minimum absolute atomic E-state index is 0.147. The highest BCUT2D eigenvalue weighted by atomic mass is 32.1. The molecule has 1 amide bonds. The number of hydrogen-bond donors (Lipinski definition) is 1. The van der Waals surface area contributed by atoms with Gasteiger partial charge in [0.05, 0.1) is 24.0 Å². The molecule has 0 radical (unpaired) electrons. The second kappa shape index (κ2) is 9.87. The summed E-state index contributed by atoms with van der Waals surface area (Å²) >= 11 is 1.45. The predicted octanol–water partition coefficient (Wildman–Crippen LogP) is 3.56. The lowest BCUT2D eigenvalue weighted by atomic mass is 10.2. The van der Waals surface area contributed by atoms with E-state index >= 15 is 0 Å². The summed E-state index contributed by atoms with van der Waals surface area (Å²) in [7, 11) is 0. The van der Waals surface area contributed by atoms with Gasteiger partial charge in [-0.25, -0.2) is 4.98 Å². The number of benzene rings is 1. The van der Waals surface area contributed by atoms with Gasteiger partial charge < -0.3 is 14.2 Å². The van der Waals surface area contributed by atoms with Crippen molar-refractivity contribution >= 4 is 22.4 Å². The van der Waals surface area contributed by atoms with Gasteiger partial charge in [-0.3, -0.25) is 15.0 Å². The molecule has 30 heavy (non-hydrogen) atoms. The fraction of sp³-hybridized carbons (Fsp3) is 0.545. The first kappa shape index (κ1) is 21.2. The number of aromatic nitrogens is 1. The normalized spacial score (nSPS) is 24.7. The van der Waals surface area contributed by atoms with Crippen molar-refractivity contribution in [1.82, 2.24) is 9.88 Å². The van der Waals surface area contributed by atoms with E-state index in [0.717, 1.165) is 44.8 Å². The van der Waals surface area contributed by atoms with Crippen molar-refractivity contribution < 1.29 is 19.0 Å². The number of anilines is 1. The van der Waals surface area contributed by atoms with Crippen molar-refractivity contribution in [2.24, 2.45) is 0 Å². The number of hydrogen-bond acceptors (Lipinski definition) is 7. The highest BCUT2D eigenvalue weighted by Crippen LogP contribution is 2.21. The SMILES string of the molecule is CC1CN(Cc2csc(NC(=O)c3cccc(OCC4CCCO4)c3)n2)CC(C)O1. The van der Waals surface area contributed by atoms with Crippen LogP contribution in [0.2, 0.25) is 0 Å². The summed E-state index contributed by atoms with van der Waals surface area (Å²) in [6, 6.07) is 7.22. The quantitative estimate of drug-likeness (QED) is 0.723. The molecule has 2 aliphatic rings. The van der Waals surface area contributed by atoms with Crippen LogP contribution in [0, 0.1) is 0 Å². The van der Waals surface area contributed by atoms with Crippen LogP contribution in [0.15, 0.2) is 29.6 Å². The highest BCUT2D eigenvalue weighted by Gasteiger charge is 2.23. The third-order valence-corrected chi connectivity index (χ3v) is 6.02. The molecule has 3 heterocycles. The van der Waals surface area contributed by atoms with Crippen LogP contribution >= 0.6 is 11.3 Å². The van der Waals surface area contributed by atoms with Gasteiger partial charge in [-0.05, 0) is 44.9 Å². The number of rotatable bonds is 7. The fourth-order valence-electron chi connectivity index (χ4n) is 3.94. The number of carbonyl (C=O) groups is 1. The van der Waals surface area contributed by atoms with Crippen molar-refractivity contribution in [1.29, 1.82) is 0 Å². The van der Waals surface area contributed by atoms with E-state index in [2.05, 4.69) is 29.0 Å². The van der Waals surface area contributed by atoms with Crippen molar-refractivity contribution in [2.75, 3.05) is 31.6 Å². The molecule has 1 aromatic heterocycles. The maximum atomic E-state index is 12.7. The summed E-state index contributed by atoms with van der Waals surface area (Å²) in [5, 5.41) is 5.51. The molecule has 1 aromatic carbocycles. The summed E-state index contributed by atoms with van der Waals surface area (Å²) in [4.78, 5) is 19.6. The van der Waals surface area contributed by atoms with Crippen molar-refractivity contribution in [2.45, 2.75) is 51.5 Å². The van der Waals surface area contributed by atoms with Gasteiger partial charge in [0.2, 0.25) is 0 Å². The Morgan fingerprint density at radius 2 is 2.17 bits per heavy atom. The van der Waals surface area contributed by atoms with E-state index in [9.17, 15) is 4.79 Å². The third-order valence-electron chi connectivity index (χ3n) is 5.21. The zero-order chi connectivity index (χ0) is 20.9. The van der Waals surface area contributed by atoms with E-state index in [-0.39, 0.29) is 24.2 Å². The molecule has 2 saturated heterocycles. The summed E-state index contributed by atoms with van der Waals surface area (Å²) in [5.74, 6) is 0.487. The topological polar surface area (TPSA) is 72.9 Å². The number of morpholine rings is 1. The number of thiazole rings is 1. The van der Waals surface area contributed by atoms with Crippen molar-refractivity contribution in [3.63, 3.8) is 0 Å². The van der Waals surface area contributed by atoms with Crippen molar-refractivity contribution in [3.8, 4) is 5.75 Å². The fourth-order valence-corrected chi connectivity index (χ4v) is 4.64. The molecular formula is C22H29N3O4S. The molecule has 0 aliphatic carbocycles. The molecule has 8 heteroatoms. The maximum absolute atomic E-state index is 12.7. The Morgan fingerprint density at radius 3 is 2.93 bits per heavy atom. The van der Waals surface area contributed by atoms with E-state index in [1.54, 1.807) is 12.1 Å². The van der Waals surface area contributed by atoms with E-state index in [0.29, 0.717) is 23.1 Å². The Bertz CT molecular complexity index is 842. The minimum atomic E-state index is -0.188. The maximum Gasteiger partial charge on any atom is 0.257 e. The molecular weight excluding hydrogens is 402 g/mol. The second-order valence-electron chi connectivity index (χ2n) is 8.02. The lowest BCUT2D eigenvalue weighted by molar-refractivity contribution is -0.0707. The van der Waals surface area contributed by atoms with Gasteiger partial charge in [0.1, 0.15) is 12.4 Å². The minimum Gasteiger partial charge on any atom is -0.491 e. The molecule has 0 bridgehead atoms. The van der Waals surface area contributed by atoms with Gasteiger partial charge in [0, 0.05) is 37.2 Å². The van der Waals surface area contributed by atoms with Gasteiger partial charge in [0.15, 0.2) is 5.13 Å². The zero-order valence-electron chi connectivity index (χ0n) is 17.5. The average Bonchev–Trinajstić information content (AvgIpc) is 3.38. The molecule has 1 N–H and O–H groups in total. The number of nitrogens with zero attached hydrogens (tertiary/aromatic N) is 2. The van der Waals surface area contributed by atoms with Crippen LogP contribution in [-0.2, 0) is 16.0 Å². The van der Waals surface area contributed by atoms with Crippen LogP contribution < -0.4 is 10.1 Å². The van der Waals surface area contributed by atoms with Crippen molar-refractivity contribution in [3.05, 3.63) is 40.9 Å². The number of amides is 1. The molecule has 3 atom stereocenters. The Kier molecular flexibility index (Phi) is 6.99. The zero-order valence-corrected chi connectivity index (χ0v) is 18.3. The van der Waals surface area contributed by atoms with E-state index in [1.807, 2.05) is 17.5 Å². The van der Waals surface area contributed by atoms with Gasteiger partial charge in [-0.1, -0.05) is 6.07 Å². The third kappa shape index (κ3) is 5.78. The van der Waals surface area contributed by atoms with Crippen LogP contribution in [0.3, 0.4) is 0 Å². The van der Waals surface area contributed by atoms with Crippen LogP contribution in [0.25, 0.3) is 0 Å². The smallest absolute Gasteiger partial charge is 0.257 e. The Hall–Kier alpha value is -2.00. The molecule has 7 nitrogen and oxygen atoms in total. The van der Waals surface area contributed by atoms with Gasteiger partial charge in [-0.2, -0.15) is 0 Å². The summed E-state index contributed by atoms with van der Waals surface area (Å²) in [5.41, 5.74) is 1.51. The van der Waals surface area contributed by atoms with Gasteiger partial charge in [-0.15, -0.1) is 11.3 Å². The molecule has 2 aliphatic heterocycles. The first-order valence-corrected chi connectivity index (χ1v) is 11.4. The van der Waals surface area contributed by atoms with Gasteiger partial charge >= 0.3 is 0 Å². The monoisotopic (exact) mass is 431 g/mol. The first-order valence-electron chi connectivity index (χ1n) is 10.5. The Morgan fingerprint density at radius 1 is 1.33 bits per heavy atom. The Labute approximate surface area is 181 Å². The summed E-state index contributed by atoms with van der Waals surface area (Å²) in [6.45, 7) is 8.04. The molecule has 162 valence electrons. The van der Waals surface area contributed by atoms with Gasteiger partial charge in [0.25, 0.3) is 5.91 Å². The first-order chi connectivity index (χ1) is 14.5. The highest BCUT2D eigenvalue weighted by molar-refractivity contribution is 7.13. The van der Waals surface area contributed by atoms with E-state index in [4.69, 9.17) is 14.2 Å². The standard InChI is InChI=1S/C22H29N3O4S/c1-15-10-25(11-16(2)29-15)12-18-14-30-22(23-18)24-21(26)17-5-3-6-19(9-17)28-13-20-7-4-8-27-20/h3,5-6,9,14-16,20H,4,7-8,10-13H2,1-2H3,(H,23,24,26).